The van der Waals surface area contributed by atoms with Crippen molar-refractivity contribution in [3.05, 3.63) is 78.4 Å². The van der Waals surface area contributed by atoms with Gasteiger partial charge >= 0.3 is 0 Å². The van der Waals surface area contributed by atoms with Crippen LogP contribution in [0.1, 0.15) is 10.4 Å². The minimum atomic E-state index is -3.80. The Bertz CT molecular complexity index is 1320. The van der Waals surface area contributed by atoms with Crippen LogP contribution in [0.15, 0.2) is 77.7 Å². The molecule has 2 saturated heterocycles. The van der Waals surface area contributed by atoms with Crippen molar-refractivity contribution in [1.82, 2.24) is 4.31 Å². The molecule has 0 radical (unpaired) electrons. The van der Waals surface area contributed by atoms with Gasteiger partial charge in [0.2, 0.25) is 10.0 Å². The monoisotopic (exact) mass is 507 g/mol. The molecule has 2 heterocycles. The Morgan fingerprint density at radius 2 is 1.42 bits per heavy atom. The lowest BCUT2D eigenvalue weighted by Crippen LogP contribution is -2.42. The average molecular weight is 508 g/mol. The molecule has 5 rings (SSSR count). The van der Waals surface area contributed by atoms with Gasteiger partial charge in [-0.3, -0.25) is 4.79 Å². The lowest BCUT2D eigenvalue weighted by molar-refractivity contribution is 0.0730. The van der Waals surface area contributed by atoms with Crippen molar-refractivity contribution < 1.29 is 22.7 Å². The molecule has 3 aromatic carbocycles. The number of hydrogen-bond acceptors (Lipinski definition) is 6. The molecule has 188 valence electrons. The molecule has 0 saturated carbocycles. The van der Waals surface area contributed by atoms with E-state index in [-0.39, 0.29) is 10.8 Å². The fourth-order valence-electron chi connectivity index (χ4n) is 4.54. The van der Waals surface area contributed by atoms with Crippen LogP contribution in [0.4, 0.5) is 11.4 Å². The summed E-state index contributed by atoms with van der Waals surface area (Å²) < 4.78 is 39.7. The van der Waals surface area contributed by atoms with Gasteiger partial charge in [0, 0.05) is 37.4 Å². The number of rotatable bonds is 6. The largest absolute Gasteiger partial charge is 0.379 e. The molecule has 0 aromatic heterocycles. The summed E-state index contributed by atoms with van der Waals surface area (Å²) in [7, 11) is -3.80. The van der Waals surface area contributed by atoms with Crippen LogP contribution >= 0.6 is 0 Å². The Morgan fingerprint density at radius 1 is 0.778 bits per heavy atom. The Labute approximate surface area is 211 Å². The molecule has 0 bridgehead atoms. The van der Waals surface area contributed by atoms with Crippen molar-refractivity contribution in [1.29, 1.82) is 0 Å². The third-order valence-electron chi connectivity index (χ3n) is 6.41. The van der Waals surface area contributed by atoms with Gasteiger partial charge in [0.25, 0.3) is 5.91 Å². The van der Waals surface area contributed by atoms with Gasteiger partial charge < -0.3 is 19.7 Å². The number of sulfonamides is 1. The van der Waals surface area contributed by atoms with Crippen molar-refractivity contribution in [2.45, 2.75) is 4.90 Å². The van der Waals surface area contributed by atoms with E-state index < -0.39 is 10.0 Å². The first-order chi connectivity index (χ1) is 17.5. The molecule has 0 spiro atoms. The maximum Gasteiger partial charge on any atom is 0.256 e. The molecule has 9 heteroatoms. The second-order valence-electron chi connectivity index (χ2n) is 8.66. The molecule has 1 amide bonds. The summed E-state index contributed by atoms with van der Waals surface area (Å²) in [5.74, 6) is -0.303. The highest BCUT2D eigenvalue weighted by molar-refractivity contribution is 7.89. The minimum absolute atomic E-state index is 0.181. The number of ether oxygens (including phenoxy) is 2. The zero-order valence-corrected chi connectivity index (χ0v) is 20.7. The lowest BCUT2D eigenvalue weighted by Gasteiger charge is -2.33. The second kappa shape index (κ2) is 10.8. The van der Waals surface area contributed by atoms with E-state index in [1.165, 1.54) is 4.31 Å². The quantitative estimate of drug-likeness (QED) is 0.550. The third-order valence-corrected chi connectivity index (χ3v) is 8.34. The summed E-state index contributed by atoms with van der Waals surface area (Å²) in [6.07, 6.45) is 0. The van der Waals surface area contributed by atoms with Crippen LogP contribution in [0.5, 0.6) is 0 Å². The van der Waals surface area contributed by atoms with Gasteiger partial charge in [-0.15, -0.1) is 0 Å². The summed E-state index contributed by atoms with van der Waals surface area (Å²) in [5.41, 5.74) is 3.29. The third kappa shape index (κ3) is 5.15. The number of carbonyl (C=O) groups is 1. The van der Waals surface area contributed by atoms with Crippen molar-refractivity contribution in [3.8, 4) is 11.1 Å². The van der Waals surface area contributed by atoms with Crippen molar-refractivity contribution in [2.24, 2.45) is 0 Å². The van der Waals surface area contributed by atoms with E-state index in [1.807, 2.05) is 53.4 Å². The van der Waals surface area contributed by atoms with E-state index >= 15 is 0 Å². The highest BCUT2D eigenvalue weighted by Crippen LogP contribution is 2.32. The molecule has 2 fully saturated rings. The Kier molecular flexibility index (Phi) is 7.33. The van der Waals surface area contributed by atoms with Crippen molar-refractivity contribution >= 4 is 27.3 Å². The molecule has 0 aliphatic carbocycles. The van der Waals surface area contributed by atoms with Crippen LogP contribution < -0.4 is 10.2 Å². The zero-order valence-electron chi connectivity index (χ0n) is 19.9. The lowest BCUT2D eigenvalue weighted by atomic mass is 9.99. The highest BCUT2D eigenvalue weighted by Gasteiger charge is 2.31. The van der Waals surface area contributed by atoms with Crippen LogP contribution in [0.25, 0.3) is 11.1 Å². The number of amides is 1. The molecule has 2 aliphatic rings. The van der Waals surface area contributed by atoms with Gasteiger partial charge in [-0.05, 0) is 35.4 Å². The molecule has 2 aliphatic heterocycles. The molecule has 0 unspecified atom stereocenters. The standard InChI is InChI=1S/C27H29N3O5S/c31-27(24-9-5-4-8-23(24)21-6-2-1-3-7-21)28-22-10-11-25(29-12-16-34-17-13-29)26(20-22)36(32,33)30-14-18-35-19-15-30/h1-11,20H,12-19H2,(H,28,31). The van der Waals surface area contributed by atoms with Crippen molar-refractivity contribution in [2.75, 3.05) is 62.8 Å². The van der Waals surface area contributed by atoms with E-state index in [1.54, 1.807) is 24.3 Å². The average Bonchev–Trinajstić information content (AvgIpc) is 2.94. The fraction of sp³-hybridized carbons (Fsp3) is 0.296. The number of anilines is 2. The molecule has 3 aromatic rings. The Balaban J connectivity index is 1.49. The second-order valence-corrected chi connectivity index (χ2v) is 10.6. The van der Waals surface area contributed by atoms with E-state index in [0.717, 1.165) is 11.1 Å². The fourth-order valence-corrected chi connectivity index (χ4v) is 6.18. The first-order valence-corrected chi connectivity index (χ1v) is 13.5. The first-order valence-electron chi connectivity index (χ1n) is 12.0. The predicted molar refractivity (Wildman–Crippen MR) is 139 cm³/mol. The molecular formula is C27H29N3O5S. The maximum atomic E-state index is 13.7. The summed E-state index contributed by atoms with van der Waals surface area (Å²) in [4.78, 5) is 15.5. The molecule has 0 atom stereocenters. The minimum Gasteiger partial charge on any atom is -0.379 e. The van der Waals surface area contributed by atoms with Gasteiger partial charge in [0.15, 0.2) is 0 Å². The van der Waals surface area contributed by atoms with Gasteiger partial charge in [-0.25, -0.2) is 8.42 Å². The van der Waals surface area contributed by atoms with Crippen LogP contribution in [0.2, 0.25) is 0 Å². The maximum absolute atomic E-state index is 13.7. The summed E-state index contributed by atoms with van der Waals surface area (Å²) >= 11 is 0. The summed E-state index contributed by atoms with van der Waals surface area (Å²) in [6, 6.07) is 22.2. The van der Waals surface area contributed by atoms with E-state index in [4.69, 9.17) is 9.47 Å². The van der Waals surface area contributed by atoms with Gasteiger partial charge in [0.1, 0.15) is 4.90 Å². The smallest absolute Gasteiger partial charge is 0.256 e. The van der Waals surface area contributed by atoms with E-state index in [9.17, 15) is 13.2 Å². The normalized spacial score (nSPS) is 17.1. The van der Waals surface area contributed by atoms with Crippen molar-refractivity contribution in [3.63, 3.8) is 0 Å². The number of hydrogen-bond donors (Lipinski definition) is 1. The topological polar surface area (TPSA) is 88.2 Å². The van der Waals surface area contributed by atoms with Crippen LogP contribution in [0.3, 0.4) is 0 Å². The Morgan fingerprint density at radius 3 is 2.14 bits per heavy atom. The molecule has 1 N–H and O–H groups in total. The first kappa shape index (κ1) is 24.5. The van der Waals surface area contributed by atoms with Crippen LogP contribution in [-0.4, -0.2) is 71.2 Å². The number of carbonyl (C=O) groups excluding carboxylic acids is 1. The SMILES string of the molecule is O=C(Nc1ccc(N2CCOCC2)c(S(=O)(=O)N2CCOCC2)c1)c1ccccc1-c1ccccc1. The van der Waals surface area contributed by atoms with Crippen LogP contribution in [0, 0.1) is 0 Å². The zero-order chi connectivity index (χ0) is 25.0. The number of benzene rings is 3. The van der Waals surface area contributed by atoms with Gasteiger partial charge in [0.05, 0.1) is 32.1 Å². The van der Waals surface area contributed by atoms with Gasteiger partial charge in [-0.1, -0.05) is 48.5 Å². The summed E-state index contributed by atoms with van der Waals surface area (Å²) in [6.45, 7) is 3.58. The number of morpholine rings is 2. The number of nitrogens with zero attached hydrogens (tertiary/aromatic N) is 2. The summed E-state index contributed by atoms with van der Waals surface area (Å²) in [5, 5.41) is 2.92. The molecule has 36 heavy (non-hydrogen) atoms. The molecule has 8 nitrogen and oxygen atoms in total. The predicted octanol–water partition coefficient (Wildman–Crippen LogP) is 3.46. The Hall–Kier alpha value is -3.24. The number of nitrogens with one attached hydrogen (secondary N) is 1. The van der Waals surface area contributed by atoms with Gasteiger partial charge in [-0.2, -0.15) is 4.31 Å². The van der Waals surface area contributed by atoms with E-state index in [2.05, 4.69) is 5.32 Å². The van der Waals surface area contributed by atoms with Crippen LogP contribution in [-0.2, 0) is 19.5 Å². The molecular weight excluding hydrogens is 478 g/mol. The highest BCUT2D eigenvalue weighted by atomic mass is 32.2. The van der Waals surface area contributed by atoms with E-state index in [0.29, 0.717) is 69.5 Å².